The van der Waals surface area contributed by atoms with Crippen LogP contribution in [0.15, 0.2) is 35.4 Å². The number of methoxy groups -OCH3 is 1. The number of nitrogens with zero attached hydrogens (tertiary/aromatic N) is 5. The van der Waals surface area contributed by atoms with Crippen LogP contribution in [0.1, 0.15) is 56.4 Å². The number of ether oxygens (including phenoxy) is 3. The first kappa shape index (κ1) is 27.6. The number of fused-ring (bicyclic) bond motifs is 1. The fraction of sp³-hybridized carbons (Fsp3) is 0.519. The summed E-state index contributed by atoms with van der Waals surface area (Å²) in [6.45, 7) is 6.52. The quantitative estimate of drug-likeness (QED) is 0.452. The van der Waals surface area contributed by atoms with Gasteiger partial charge < -0.3 is 29.4 Å². The number of rotatable bonds is 7. The van der Waals surface area contributed by atoms with Gasteiger partial charge in [0.15, 0.2) is 5.65 Å². The van der Waals surface area contributed by atoms with E-state index in [4.69, 9.17) is 14.2 Å². The molecule has 1 aliphatic heterocycles. The maximum absolute atomic E-state index is 13.4. The molecule has 0 bridgehead atoms. The van der Waals surface area contributed by atoms with Crippen LogP contribution >= 0.6 is 0 Å². The highest BCUT2D eigenvalue weighted by Crippen LogP contribution is 2.28. The van der Waals surface area contributed by atoms with Gasteiger partial charge in [0.2, 0.25) is 0 Å². The molecule has 2 N–H and O–H groups in total. The molecule has 5 rings (SSSR count). The molecular weight excluding hydrogens is 518 g/mol. The van der Waals surface area contributed by atoms with Gasteiger partial charge >= 0.3 is 6.09 Å². The fourth-order valence-electron chi connectivity index (χ4n) is 4.66. The minimum Gasteiger partial charge on any atom is -0.443 e. The van der Waals surface area contributed by atoms with Crippen LogP contribution < -0.4 is 21.1 Å². The topological polar surface area (TPSA) is 141 Å². The summed E-state index contributed by atoms with van der Waals surface area (Å²) < 4.78 is 19.4. The zero-order chi connectivity index (χ0) is 28.6. The Morgan fingerprint density at radius 2 is 1.98 bits per heavy atom. The summed E-state index contributed by atoms with van der Waals surface area (Å²) in [7, 11) is 3.14. The fourth-order valence-corrected chi connectivity index (χ4v) is 4.66. The summed E-state index contributed by atoms with van der Waals surface area (Å²) in [6, 6.07) is 4.99. The van der Waals surface area contributed by atoms with Crippen molar-refractivity contribution >= 4 is 35.0 Å². The van der Waals surface area contributed by atoms with E-state index in [9.17, 15) is 14.4 Å². The summed E-state index contributed by atoms with van der Waals surface area (Å²) in [5.74, 6) is 0.190. The van der Waals surface area contributed by atoms with Crippen LogP contribution in [0.4, 0.5) is 22.1 Å². The second-order valence-electron chi connectivity index (χ2n) is 11.0. The Hall–Kier alpha value is -3.97. The molecule has 0 spiro atoms. The standard InChI is InChI=1S/C27H35N7O6/c1-27(2,3)40-26(37)32(4)22-14-21(29-18-7-6-10-33(25(18)36)16-8-11-39-12-9-16)31-23-17(15-28-34(22)23)24(35)30-19-13-20(19)38-5/h6-7,10,14-16,19-20H,8-9,11-13H2,1-5H3,(H,29,31)(H,30,35)/t19-,20-/m1/s1. The van der Waals surface area contributed by atoms with Crippen molar-refractivity contribution in [1.29, 1.82) is 0 Å². The van der Waals surface area contributed by atoms with E-state index in [1.165, 1.54) is 15.6 Å². The molecule has 40 heavy (non-hydrogen) atoms. The summed E-state index contributed by atoms with van der Waals surface area (Å²) in [5, 5.41) is 10.4. The minimum atomic E-state index is -0.727. The van der Waals surface area contributed by atoms with E-state index < -0.39 is 11.7 Å². The van der Waals surface area contributed by atoms with Crippen molar-refractivity contribution in [3.8, 4) is 0 Å². The van der Waals surface area contributed by atoms with Crippen molar-refractivity contribution in [2.45, 2.75) is 63.8 Å². The van der Waals surface area contributed by atoms with Gasteiger partial charge in [0.05, 0.1) is 18.3 Å². The predicted molar refractivity (Wildman–Crippen MR) is 147 cm³/mol. The molecule has 0 aromatic carbocycles. The Morgan fingerprint density at radius 3 is 2.65 bits per heavy atom. The second kappa shape index (κ2) is 10.9. The van der Waals surface area contributed by atoms with Crippen LogP contribution in [-0.4, -0.2) is 76.3 Å². The van der Waals surface area contributed by atoms with Gasteiger partial charge in [-0.15, -0.1) is 0 Å². The van der Waals surface area contributed by atoms with Crippen LogP contribution in [0, 0.1) is 0 Å². The lowest BCUT2D eigenvalue weighted by molar-refractivity contribution is 0.0587. The molecule has 2 fully saturated rings. The monoisotopic (exact) mass is 553 g/mol. The van der Waals surface area contributed by atoms with Gasteiger partial charge in [-0.3, -0.25) is 14.5 Å². The van der Waals surface area contributed by atoms with Crippen LogP contribution in [0.3, 0.4) is 0 Å². The lowest BCUT2D eigenvalue weighted by atomic mass is 10.1. The number of carbonyl (C=O) groups excluding carboxylic acids is 2. The Labute approximate surface area is 231 Å². The van der Waals surface area contributed by atoms with Gasteiger partial charge in [0, 0.05) is 45.7 Å². The third kappa shape index (κ3) is 5.80. The Bertz CT molecular complexity index is 1470. The highest BCUT2D eigenvalue weighted by Gasteiger charge is 2.39. The maximum Gasteiger partial charge on any atom is 0.415 e. The lowest BCUT2D eigenvalue weighted by Gasteiger charge is -2.25. The zero-order valence-electron chi connectivity index (χ0n) is 23.3. The molecule has 214 valence electrons. The molecule has 1 saturated carbocycles. The van der Waals surface area contributed by atoms with Crippen LogP contribution in [-0.2, 0) is 14.2 Å². The molecule has 1 aliphatic carbocycles. The number of anilines is 3. The number of nitrogens with one attached hydrogen (secondary N) is 2. The molecule has 13 nitrogen and oxygen atoms in total. The van der Waals surface area contributed by atoms with Gasteiger partial charge in [-0.25, -0.2) is 9.78 Å². The summed E-state index contributed by atoms with van der Waals surface area (Å²) in [4.78, 5) is 45.4. The van der Waals surface area contributed by atoms with Crippen LogP contribution in [0.25, 0.3) is 5.65 Å². The largest absolute Gasteiger partial charge is 0.443 e. The number of aromatic nitrogens is 4. The third-order valence-corrected chi connectivity index (χ3v) is 6.88. The van der Waals surface area contributed by atoms with Crippen LogP contribution in [0.5, 0.6) is 0 Å². The minimum absolute atomic E-state index is 0.0270. The summed E-state index contributed by atoms with van der Waals surface area (Å²) in [5.41, 5.74) is -0.193. The van der Waals surface area contributed by atoms with E-state index in [1.54, 1.807) is 63.9 Å². The van der Waals surface area contributed by atoms with Crippen molar-refractivity contribution in [1.82, 2.24) is 24.5 Å². The van der Waals surface area contributed by atoms with E-state index in [-0.39, 0.29) is 46.7 Å². The molecular formula is C27H35N7O6. The summed E-state index contributed by atoms with van der Waals surface area (Å²) >= 11 is 0. The molecule has 3 aromatic heterocycles. The van der Waals surface area contributed by atoms with Gasteiger partial charge in [-0.05, 0) is 52.2 Å². The Morgan fingerprint density at radius 1 is 1.23 bits per heavy atom. The smallest absolute Gasteiger partial charge is 0.415 e. The Balaban J connectivity index is 1.53. The molecule has 2 amide bonds. The first-order valence-electron chi connectivity index (χ1n) is 13.3. The van der Waals surface area contributed by atoms with Crippen molar-refractivity contribution in [3.05, 3.63) is 46.5 Å². The van der Waals surface area contributed by atoms with Crippen molar-refractivity contribution in [2.24, 2.45) is 0 Å². The van der Waals surface area contributed by atoms with Gasteiger partial charge in [0.25, 0.3) is 11.5 Å². The third-order valence-electron chi connectivity index (χ3n) is 6.88. The number of hydrogen-bond acceptors (Lipinski definition) is 9. The predicted octanol–water partition coefficient (Wildman–Crippen LogP) is 2.87. The zero-order valence-corrected chi connectivity index (χ0v) is 23.3. The van der Waals surface area contributed by atoms with E-state index in [0.717, 1.165) is 19.3 Å². The van der Waals surface area contributed by atoms with E-state index >= 15 is 0 Å². The molecule has 1 saturated heterocycles. The molecule has 13 heteroatoms. The van der Waals surface area contributed by atoms with E-state index in [0.29, 0.717) is 24.7 Å². The van der Waals surface area contributed by atoms with Crippen molar-refractivity contribution < 1.29 is 23.8 Å². The molecule has 4 heterocycles. The molecule has 0 unspecified atom stereocenters. The second-order valence-corrected chi connectivity index (χ2v) is 11.0. The maximum atomic E-state index is 13.4. The first-order valence-corrected chi connectivity index (χ1v) is 13.3. The molecule has 3 aromatic rings. The summed E-state index contributed by atoms with van der Waals surface area (Å²) in [6.07, 6.45) is 4.75. The SMILES string of the molecule is CO[C@@H]1C[C@H]1NC(=O)c1cnn2c(N(C)C(=O)OC(C)(C)C)cc(Nc3cccn(C4CCOCC4)c3=O)nc12. The average Bonchev–Trinajstić information content (AvgIpc) is 3.53. The number of carbonyl (C=O) groups is 2. The number of pyridine rings is 1. The van der Waals surface area contributed by atoms with Gasteiger partial charge in [-0.1, -0.05) is 0 Å². The highest BCUT2D eigenvalue weighted by atomic mass is 16.6. The molecule has 2 atom stereocenters. The first-order chi connectivity index (χ1) is 19.1. The van der Waals surface area contributed by atoms with Gasteiger partial charge in [-0.2, -0.15) is 9.61 Å². The number of hydrogen-bond donors (Lipinski definition) is 2. The van der Waals surface area contributed by atoms with E-state index in [2.05, 4.69) is 20.7 Å². The average molecular weight is 554 g/mol. The highest BCUT2D eigenvalue weighted by molar-refractivity contribution is 6.01. The van der Waals surface area contributed by atoms with Crippen molar-refractivity contribution in [3.63, 3.8) is 0 Å². The Kier molecular flexibility index (Phi) is 7.51. The normalized spacial score (nSPS) is 19.3. The lowest BCUT2D eigenvalue weighted by Crippen LogP contribution is -2.35. The van der Waals surface area contributed by atoms with E-state index in [1.807, 2.05) is 0 Å². The molecule has 0 radical (unpaired) electrons. The van der Waals surface area contributed by atoms with Crippen molar-refractivity contribution in [2.75, 3.05) is 37.6 Å². The van der Waals surface area contributed by atoms with Crippen LogP contribution in [0.2, 0.25) is 0 Å². The van der Waals surface area contributed by atoms with Gasteiger partial charge in [0.1, 0.15) is 28.5 Å². The number of amides is 2. The molecule has 2 aliphatic rings.